The van der Waals surface area contributed by atoms with Crippen molar-refractivity contribution < 1.29 is 8.42 Å². The van der Waals surface area contributed by atoms with Gasteiger partial charge in [-0.25, -0.2) is 8.42 Å². The third-order valence-electron chi connectivity index (χ3n) is 2.91. The monoisotopic (exact) mass is 385 g/mol. The van der Waals surface area contributed by atoms with Crippen LogP contribution < -0.4 is 4.72 Å². The van der Waals surface area contributed by atoms with Gasteiger partial charge in [0.1, 0.15) is 4.90 Å². The number of aromatic nitrogens is 2. The predicted octanol–water partition coefficient (Wildman–Crippen LogP) is 3.78. The minimum Gasteiger partial charge on any atom is -0.279 e. The Balaban J connectivity index is 2.05. The van der Waals surface area contributed by atoms with E-state index in [1.165, 1.54) is 12.1 Å². The number of H-pyrrole nitrogens is 1. The highest BCUT2D eigenvalue weighted by Crippen LogP contribution is 2.29. The summed E-state index contributed by atoms with van der Waals surface area (Å²) >= 11 is 9.25. The van der Waals surface area contributed by atoms with E-state index in [1.54, 1.807) is 24.4 Å². The molecule has 108 valence electrons. The van der Waals surface area contributed by atoms with Crippen molar-refractivity contribution in [3.8, 4) is 0 Å². The lowest BCUT2D eigenvalue weighted by Gasteiger charge is -2.10. The number of rotatable bonds is 3. The van der Waals surface area contributed by atoms with Gasteiger partial charge in [-0.1, -0.05) is 33.6 Å². The average molecular weight is 387 g/mol. The number of aromatic amines is 1. The van der Waals surface area contributed by atoms with Crippen molar-refractivity contribution in [1.29, 1.82) is 0 Å². The largest absolute Gasteiger partial charge is 0.279 e. The van der Waals surface area contributed by atoms with E-state index < -0.39 is 10.0 Å². The van der Waals surface area contributed by atoms with Crippen LogP contribution in [0, 0.1) is 0 Å². The maximum absolute atomic E-state index is 12.5. The van der Waals surface area contributed by atoms with Crippen molar-refractivity contribution in [2.45, 2.75) is 4.90 Å². The lowest BCUT2D eigenvalue weighted by atomic mass is 10.2. The van der Waals surface area contributed by atoms with Gasteiger partial charge < -0.3 is 0 Å². The first kappa shape index (κ1) is 14.4. The molecule has 0 aliphatic carbocycles. The van der Waals surface area contributed by atoms with Crippen LogP contribution in [0.5, 0.6) is 0 Å². The van der Waals surface area contributed by atoms with Gasteiger partial charge in [-0.2, -0.15) is 5.10 Å². The molecule has 0 atom stereocenters. The number of hydrogen-bond donors (Lipinski definition) is 2. The quantitative estimate of drug-likeness (QED) is 0.719. The summed E-state index contributed by atoms with van der Waals surface area (Å²) in [6.45, 7) is 0. The summed E-state index contributed by atoms with van der Waals surface area (Å²) in [5, 5.41) is 7.53. The summed E-state index contributed by atoms with van der Waals surface area (Å²) in [6.07, 6.45) is 1.57. The van der Waals surface area contributed by atoms with E-state index in [4.69, 9.17) is 11.6 Å². The fourth-order valence-corrected chi connectivity index (χ4v) is 4.07. The molecule has 2 aromatic carbocycles. The Kier molecular flexibility index (Phi) is 3.64. The van der Waals surface area contributed by atoms with E-state index in [2.05, 4.69) is 30.8 Å². The molecule has 0 fully saturated rings. The smallest absolute Gasteiger partial charge is 0.263 e. The molecule has 0 aliphatic heterocycles. The Labute approximate surface area is 134 Å². The lowest BCUT2D eigenvalue weighted by Crippen LogP contribution is -2.13. The number of nitrogens with one attached hydrogen (secondary N) is 2. The molecule has 0 saturated heterocycles. The fraction of sp³-hybridized carbons (Fsp3) is 0. The van der Waals surface area contributed by atoms with Crippen LogP contribution >= 0.6 is 27.5 Å². The van der Waals surface area contributed by atoms with Crippen LogP contribution in [0.2, 0.25) is 5.02 Å². The van der Waals surface area contributed by atoms with Gasteiger partial charge in [0.05, 0.1) is 22.4 Å². The van der Waals surface area contributed by atoms with Gasteiger partial charge in [0.25, 0.3) is 10.0 Å². The van der Waals surface area contributed by atoms with Gasteiger partial charge in [0.2, 0.25) is 0 Å². The Morgan fingerprint density at radius 3 is 2.81 bits per heavy atom. The molecular weight excluding hydrogens is 378 g/mol. The van der Waals surface area contributed by atoms with Crippen LogP contribution in [0.1, 0.15) is 0 Å². The van der Waals surface area contributed by atoms with Crippen molar-refractivity contribution in [2.24, 2.45) is 0 Å². The number of fused-ring (bicyclic) bond motifs is 1. The van der Waals surface area contributed by atoms with Crippen LogP contribution in [0.3, 0.4) is 0 Å². The van der Waals surface area contributed by atoms with E-state index in [0.29, 0.717) is 15.5 Å². The Bertz CT molecular complexity index is 924. The van der Waals surface area contributed by atoms with Gasteiger partial charge in [0.15, 0.2) is 0 Å². The number of hydrogen-bond acceptors (Lipinski definition) is 3. The van der Waals surface area contributed by atoms with Gasteiger partial charge in [-0.05, 0) is 30.3 Å². The Morgan fingerprint density at radius 2 is 2.05 bits per heavy atom. The van der Waals surface area contributed by atoms with Gasteiger partial charge in [0, 0.05) is 9.86 Å². The molecule has 0 saturated carbocycles. The minimum absolute atomic E-state index is 0.0212. The third-order valence-corrected chi connectivity index (χ3v) is 5.25. The summed E-state index contributed by atoms with van der Waals surface area (Å²) in [5.41, 5.74) is 1.19. The lowest BCUT2D eigenvalue weighted by molar-refractivity contribution is 0.601. The first-order valence-electron chi connectivity index (χ1n) is 5.87. The van der Waals surface area contributed by atoms with Gasteiger partial charge in [-0.3, -0.25) is 9.82 Å². The van der Waals surface area contributed by atoms with Crippen molar-refractivity contribution in [2.75, 3.05) is 4.72 Å². The Hall–Kier alpha value is -1.57. The van der Waals surface area contributed by atoms with Crippen LogP contribution in [0.25, 0.3) is 10.9 Å². The summed E-state index contributed by atoms with van der Waals surface area (Å²) in [5.74, 6) is 0. The van der Waals surface area contributed by atoms with Crippen LogP contribution in [-0.2, 0) is 10.0 Å². The molecule has 5 nitrogen and oxygen atoms in total. The average Bonchev–Trinajstić information content (AvgIpc) is 2.87. The number of anilines is 1. The second kappa shape index (κ2) is 5.32. The summed E-state index contributed by atoms with van der Waals surface area (Å²) in [6, 6.07) is 9.83. The SMILES string of the molecule is O=S(=O)(Nc1cccc2[nH]ncc12)c1ccc(Br)cc1Cl. The molecule has 3 aromatic rings. The molecule has 3 rings (SSSR count). The van der Waals surface area contributed by atoms with Gasteiger partial charge >= 0.3 is 0 Å². The predicted molar refractivity (Wildman–Crippen MR) is 86.1 cm³/mol. The van der Waals surface area contributed by atoms with Crippen LogP contribution in [0.15, 0.2) is 52.0 Å². The topological polar surface area (TPSA) is 74.8 Å². The maximum Gasteiger partial charge on any atom is 0.263 e. The molecule has 1 aromatic heterocycles. The van der Waals surface area contributed by atoms with E-state index in [1.807, 2.05) is 6.07 Å². The first-order chi connectivity index (χ1) is 9.97. The zero-order valence-electron chi connectivity index (χ0n) is 10.5. The highest BCUT2D eigenvalue weighted by molar-refractivity contribution is 9.10. The number of sulfonamides is 1. The molecule has 21 heavy (non-hydrogen) atoms. The van der Waals surface area contributed by atoms with Gasteiger partial charge in [-0.15, -0.1) is 0 Å². The molecule has 0 bridgehead atoms. The molecular formula is C13H9BrClN3O2S. The molecule has 0 unspecified atom stereocenters. The molecule has 0 amide bonds. The van der Waals surface area contributed by atoms with Crippen molar-refractivity contribution in [3.63, 3.8) is 0 Å². The zero-order valence-corrected chi connectivity index (χ0v) is 13.6. The molecule has 1 heterocycles. The van der Waals surface area contributed by atoms with Crippen molar-refractivity contribution >= 4 is 54.1 Å². The normalized spacial score (nSPS) is 11.7. The van der Waals surface area contributed by atoms with E-state index >= 15 is 0 Å². The first-order valence-corrected chi connectivity index (χ1v) is 8.53. The summed E-state index contributed by atoms with van der Waals surface area (Å²) < 4.78 is 28.2. The van der Waals surface area contributed by atoms with E-state index in [-0.39, 0.29) is 9.92 Å². The molecule has 8 heteroatoms. The standard InChI is InChI=1S/C13H9BrClN3O2S/c14-8-4-5-13(10(15)6-8)21(19,20)18-12-3-1-2-11-9(12)7-16-17-11/h1-7,18H,(H,16,17). The van der Waals surface area contributed by atoms with Crippen molar-refractivity contribution in [1.82, 2.24) is 10.2 Å². The molecule has 0 aliphatic rings. The zero-order chi connectivity index (χ0) is 15.0. The van der Waals surface area contributed by atoms with E-state index in [9.17, 15) is 8.42 Å². The van der Waals surface area contributed by atoms with E-state index in [0.717, 1.165) is 5.52 Å². The molecule has 2 N–H and O–H groups in total. The minimum atomic E-state index is -3.77. The second-order valence-corrected chi connectivity index (χ2v) is 7.29. The molecule has 0 spiro atoms. The summed E-state index contributed by atoms with van der Waals surface area (Å²) in [4.78, 5) is 0.0212. The van der Waals surface area contributed by atoms with Crippen molar-refractivity contribution in [3.05, 3.63) is 52.1 Å². The number of halogens is 2. The fourth-order valence-electron chi connectivity index (χ4n) is 1.95. The summed E-state index contributed by atoms with van der Waals surface area (Å²) in [7, 11) is -3.77. The highest BCUT2D eigenvalue weighted by Gasteiger charge is 2.19. The maximum atomic E-state index is 12.5. The number of benzene rings is 2. The van der Waals surface area contributed by atoms with Crippen LogP contribution in [0.4, 0.5) is 5.69 Å². The highest BCUT2D eigenvalue weighted by atomic mass is 79.9. The van der Waals surface area contributed by atoms with Crippen LogP contribution in [-0.4, -0.2) is 18.6 Å². The Morgan fingerprint density at radius 1 is 1.24 bits per heavy atom. The molecule has 0 radical (unpaired) electrons. The second-order valence-electron chi connectivity index (χ2n) is 4.32. The number of nitrogens with zero attached hydrogens (tertiary/aromatic N) is 1. The third kappa shape index (κ3) is 2.76.